The van der Waals surface area contributed by atoms with Crippen LogP contribution in [0, 0.1) is 0 Å². The zero-order valence-electron chi connectivity index (χ0n) is 3.44. The summed E-state index contributed by atoms with van der Waals surface area (Å²) in [6.07, 6.45) is 0. The molecule has 2 N–H and O–H groups in total. The van der Waals surface area contributed by atoms with Gasteiger partial charge in [-0.3, -0.25) is 4.46 Å². The molecule has 0 radical (unpaired) electrons. The van der Waals surface area contributed by atoms with Crippen molar-refractivity contribution in [3.8, 4) is 0 Å². The summed E-state index contributed by atoms with van der Waals surface area (Å²) >= 11 is -4.28. The van der Waals surface area contributed by atoms with Crippen LogP contribution in [0.3, 0.4) is 0 Å². The van der Waals surface area contributed by atoms with E-state index in [-0.39, 0.29) is 0 Å². The fourth-order valence-corrected chi connectivity index (χ4v) is 0. The van der Waals surface area contributed by atoms with Crippen LogP contribution in [0.4, 0.5) is 0 Å². The zero-order valence-corrected chi connectivity index (χ0v) is 7.37. The van der Waals surface area contributed by atoms with Crippen LogP contribution in [0.15, 0.2) is 0 Å². The van der Waals surface area contributed by atoms with Crippen LogP contribution in [0.5, 0.6) is 0 Å². The third-order valence-electron chi connectivity index (χ3n) is 0. The van der Waals surface area contributed by atoms with Gasteiger partial charge in [-0.05, 0) is 0 Å². The maximum atomic E-state index is 8.74. The fourth-order valence-electron chi connectivity index (χ4n) is 0. The molecule has 48 valence electrons. The molecule has 0 spiro atoms. The SMILES string of the molecule is O=[Si](O)O.[O]=[W](=[O])=[O]. The van der Waals surface area contributed by atoms with Crippen LogP contribution in [-0.4, -0.2) is 18.8 Å². The van der Waals surface area contributed by atoms with Crippen molar-refractivity contribution in [2.24, 2.45) is 0 Å². The zero-order chi connectivity index (χ0) is 7.15. The van der Waals surface area contributed by atoms with Crippen molar-refractivity contribution in [3.05, 3.63) is 0 Å². The van der Waals surface area contributed by atoms with Crippen LogP contribution in [0.2, 0.25) is 0 Å². The van der Waals surface area contributed by atoms with Crippen molar-refractivity contribution in [2.75, 3.05) is 0 Å². The molecule has 6 nitrogen and oxygen atoms in total. The van der Waals surface area contributed by atoms with Crippen LogP contribution < -0.4 is 0 Å². The second-order valence-corrected chi connectivity index (χ2v) is 2.52. The van der Waals surface area contributed by atoms with Gasteiger partial charge in [-0.1, -0.05) is 0 Å². The molecule has 0 atom stereocenters. The molecular weight excluding hydrogens is 308 g/mol. The minimum absolute atomic E-state index is 3.13. The second kappa shape index (κ2) is 6.71. The van der Waals surface area contributed by atoms with Gasteiger partial charge in [-0.25, -0.2) is 0 Å². The Kier molecular flexibility index (Phi) is 8.92. The standard InChI is InChI=1S/H2O3Si.3O.W/c1-4(2)3;;;;/h1-2H;;;;. The Morgan fingerprint density at radius 1 is 1.12 bits per heavy atom. The molecule has 0 aromatic heterocycles. The average molecular weight is 310 g/mol. The van der Waals surface area contributed by atoms with E-state index in [2.05, 4.69) is 0 Å². The van der Waals surface area contributed by atoms with Crippen molar-refractivity contribution < 1.29 is 41.4 Å². The Morgan fingerprint density at radius 3 is 1.12 bits per heavy atom. The molecule has 0 saturated heterocycles. The van der Waals surface area contributed by atoms with Gasteiger partial charge >= 0.3 is 36.6 Å². The van der Waals surface area contributed by atoms with Crippen LogP contribution in [-0.2, 0) is 31.9 Å². The Balaban J connectivity index is 0. The molecule has 0 aromatic rings. The van der Waals surface area contributed by atoms with Gasteiger partial charge in [0, 0.05) is 0 Å². The molecule has 0 fully saturated rings. The van der Waals surface area contributed by atoms with E-state index >= 15 is 0 Å². The third-order valence-corrected chi connectivity index (χ3v) is 0. The molecule has 0 aliphatic rings. The third kappa shape index (κ3) is 1450. The minimum atomic E-state index is -4.28. The summed E-state index contributed by atoms with van der Waals surface area (Å²) < 4.78 is 34.6. The van der Waals surface area contributed by atoms with Crippen molar-refractivity contribution in [3.63, 3.8) is 0 Å². The van der Waals surface area contributed by atoms with E-state index in [4.69, 9.17) is 24.2 Å². The molecule has 0 rings (SSSR count). The first-order valence-corrected chi connectivity index (χ1v) is 6.05. The van der Waals surface area contributed by atoms with Gasteiger partial charge in [0.1, 0.15) is 0 Å². The summed E-state index contributed by atoms with van der Waals surface area (Å²) in [6.45, 7) is 0. The Bertz CT molecular complexity index is 137. The second-order valence-electron chi connectivity index (χ2n) is 0.487. The van der Waals surface area contributed by atoms with Gasteiger partial charge in [0.05, 0.1) is 0 Å². The Morgan fingerprint density at radius 2 is 1.12 bits per heavy atom. The average Bonchev–Trinajstić information content (AvgIpc) is 1.25. The number of hydrogen-bond acceptors (Lipinski definition) is 4. The van der Waals surface area contributed by atoms with Crippen LogP contribution in [0.1, 0.15) is 0 Å². The molecular formula is H2O6SiW. The van der Waals surface area contributed by atoms with Gasteiger partial charge in [0.2, 0.25) is 0 Å². The van der Waals surface area contributed by atoms with Crippen LogP contribution >= 0.6 is 0 Å². The van der Waals surface area contributed by atoms with Gasteiger partial charge in [-0.15, -0.1) is 0 Å². The predicted molar refractivity (Wildman–Crippen MR) is 12.9 cm³/mol. The van der Waals surface area contributed by atoms with E-state index in [1.165, 1.54) is 0 Å². The first kappa shape index (κ1) is 10.6. The summed E-state index contributed by atoms with van der Waals surface area (Å²) in [5, 5.41) is 0. The van der Waals surface area contributed by atoms with Crippen molar-refractivity contribution >= 4 is 9.17 Å². The Hall–Kier alpha value is -0.295. The van der Waals surface area contributed by atoms with Gasteiger partial charge in [0.25, 0.3) is 0 Å². The van der Waals surface area contributed by atoms with E-state index in [1.54, 1.807) is 0 Å². The van der Waals surface area contributed by atoms with E-state index in [0.29, 0.717) is 0 Å². The van der Waals surface area contributed by atoms with E-state index in [0.717, 1.165) is 0 Å². The monoisotopic (exact) mass is 310 g/mol. The molecule has 0 aliphatic carbocycles. The summed E-state index contributed by atoms with van der Waals surface area (Å²) in [5.41, 5.74) is 0. The summed E-state index contributed by atoms with van der Waals surface area (Å²) in [6, 6.07) is 0. The molecule has 0 amide bonds. The summed E-state index contributed by atoms with van der Waals surface area (Å²) in [5.74, 6) is 0. The summed E-state index contributed by atoms with van der Waals surface area (Å²) in [4.78, 5) is 14.3. The predicted octanol–water partition coefficient (Wildman–Crippen LogP) is -1.97. The molecule has 0 bridgehead atoms. The topological polar surface area (TPSA) is 109 Å². The molecule has 8 heavy (non-hydrogen) atoms. The van der Waals surface area contributed by atoms with E-state index in [1.807, 2.05) is 0 Å². The molecule has 0 heterocycles. The quantitative estimate of drug-likeness (QED) is 0.502. The molecule has 0 aliphatic heterocycles. The van der Waals surface area contributed by atoms with Crippen molar-refractivity contribution in [2.45, 2.75) is 0 Å². The van der Waals surface area contributed by atoms with Gasteiger partial charge < -0.3 is 9.59 Å². The van der Waals surface area contributed by atoms with Gasteiger partial charge in [-0.2, -0.15) is 0 Å². The van der Waals surface area contributed by atoms with E-state index in [9.17, 15) is 0 Å². The summed E-state index contributed by atoms with van der Waals surface area (Å²) in [7, 11) is -3.13. The van der Waals surface area contributed by atoms with Crippen molar-refractivity contribution in [1.82, 2.24) is 0 Å². The molecule has 0 saturated carbocycles. The Labute approximate surface area is 51.1 Å². The normalized spacial score (nSPS) is 6.00. The first-order chi connectivity index (χ1) is 3.46. The fraction of sp³-hybridized carbons (Fsp3) is 0. The molecule has 8 heteroatoms. The molecule has 0 unspecified atom stereocenters. The molecule has 0 aromatic carbocycles. The van der Waals surface area contributed by atoms with E-state index < -0.39 is 26.4 Å². The number of hydrogen-bond donors (Lipinski definition) is 2. The first-order valence-electron chi connectivity index (χ1n) is 1.15. The van der Waals surface area contributed by atoms with Crippen LogP contribution in [0.25, 0.3) is 0 Å². The maximum absolute atomic E-state index is 8.74. The number of rotatable bonds is 0. The van der Waals surface area contributed by atoms with Gasteiger partial charge in [0.15, 0.2) is 0 Å². The van der Waals surface area contributed by atoms with Crippen molar-refractivity contribution in [1.29, 1.82) is 0 Å².